The molecule has 0 N–H and O–H groups in total. The Bertz CT molecular complexity index is 2970. The van der Waals surface area contributed by atoms with Crippen molar-refractivity contribution in [1.29, 1.82) is 0 Å². The molecule has 0 aliphatic rings. The Hall–Kier alpha value is -5.77. The van der Waals surface area contributed by atoms with Crippen LogP contribution in [0.15, 0.2) is 152 Å². The maximum atomic E-state index is 4.93. The third-order valence-corrected chi connectivity index (χ3v) is 11.6. The van der Waals surface area contributed by atoms with Gasteiger partial charge in [0.2, 0.25) is 0 Å². The normalized spacial score (nSPS) is 12.2. The van der Waals surface area contributed by atoms with Crippen molar-refractivity contribution in [3.63, 3.8) is 0 Å². The molecule has 0 aliphatic carbocycles. The molecule has 0 bridgehead atoms. The van der Waals surface area contributed by atoms with Gasteiger partial charge in [0.25, 0.3) is 0 Å². The molecule has 6 aromatic carbocycles. The Labute approximate surface area is 339 Å². The quantitative estimate of drug-likeness (QED) is 0.156. The molecule has 0 saturated heterocycles. The molecule has 6 heteroatoms. The number of imidazole rings is 1. The van der Waals surface area contributed by atoms with Gasteiger partial charge in [0.1, 0.15) is 0 Å². The van der Waals surface area contributed by atoms with Crippen LogP contribution >= 0.6 is 0 Å². The molecule has 0 spiro atoms. The zero-order chi connectivity index (χ0) is 38.8. The molecule has 3 heterocycles. The summed E-state index contributed by atoms with van der Waals surface area (Å²) < 4.78 is 8.04. The van der Waals surface area contributed by atoms with Crippen molar-refractivity contribution in [3.05, 3.63) is 179 Å². The fourth-order valence-electron chi connectivity index (χ4n) is 7.82. The molecular formula is C50H43N5Pt-2. The van der Waals surface area contributed by atoms with Crippen LogP contribution in [0.2, 0.25) is 0 Å². The monoisotopic (exact) mass is 908 g/mol. The number of pyridine rings is 1. The van der Waals surface area contributed by atoms with Gasteiger partial charge in [-0.3, -0.25) is 0 Å². The molecule has 9 aromatic rings. The maximum absolute atomic E-state index is 4.93. The topological polar surface area (TPSA) is 30.9 Å². The third kappa shape index (κ3) is 6.15. The van der Waals surface area contributed by atoms with E-state index in [-0.39, 0.29) is 10.8 Å². The van der Waals surface area contributed by atoms with E-state index in [1.807, 2.05) is 6.20 Å². The van der Waals surface area contributed by atoms with Gasteiger partial charge in [-0.2, -0.15) is 0 Å². The van der Waals surface area contributed by atoms with Crippen molar-refractivity contribution in [2.45, 2.75) is 52.4 Å². The van der Waals surface area contributed by atoms with Gasteiger partial charge in [-0.1, -0.05) is 32.9 Å². The first-order chi connectivity index (χ1) is 27.0. The zero-order valence-corrected chi connectivity index (χ0v) is 34.8. The van der Waals surface area contributed by atoms with E-state index in [4.69, 9.17) is 4.98 Å². The summed E-state index contributed by atoms with van der Waals surface area (Å²) in [5.41, 5.74) is 11.8. The summed E-state index contributed by atoms with van der Waals surface area (Å²) in [7, 11) is 0. The molecular weight excluding hydrogens is 866 g/mol. The molecule has 5 nitrogen and oxygen atoms in total. The number of benzene rings is 6. The van der Waals surface area contributed by atoms with Gasteiger partial charge >= 0.3 is 285 Å². The number of nitrogens with zero attached hydrogens (tertiary/aromatic N) is 5. The van der Waals surface area contributed by atoms with Crippen LogP contribution in [0.25, 0.3) is 50.0 Å². The van der Waals surface area contributed by atoms with Crippen molar-refractivity contribution >= 4 is 49.9 Å². The molecule has 3 aromatic heterocycles. The summed E-state index contributed by atoms with van der Waals surface area (Å²) in [4.78, 5) is 7.18. The minimum absolute atomic E-state index is 0.0194. The van der Waals surface area contributed by atoms with E-state index in [2.05, 4.69) is 237 Å². The van der Waals surface area contributed by atoms with Crippen LogP contribution in [0.3, 0.4) is 0 Å². The second-order valence-electron chi connectivity index (χ2n) is 16.4. The van der Waals surface area contributed by atoms with Crippen molar-refractivity contribution in [3.8, 4) is 17.2 Å². The minimum atomic E-state index is -0.0346. The summed E-state index contributed by atoms with van der Waals surface area (Å²) in [6.45, 7) is 13.6. The van der Waals surface area contributed by atoms with Crippen LogP contribution in [0.4, 0.5) is 17.1 Å². The van der Waals surface area contributed by atoms with E-state index in [0.717, 1.165) is 59.8 Å². The molecule has 280 valence electrons. The van der Waals surface area contributed by atoms with Crippen LogP contribution in [0.5, 0.6) is 0 Å². The number of fused-ring (bicyclic) bond motifs is 4. The van der Waals surface area contributed by atoms with Gasteiger partial charge < -0.3 is 0 Å². The average Bonchev–Trinajstić information content (AvgIpc) is 3.69. The van der Waals surface area contributed by atoms with Gasteiger partial charge in [0.05, 0.1) is 0 Å². The van der Waals surface area contributed by atoms with Crippen LogP contribution in [0.1, 0.15) is 52.7 Å². The van der Waals surface area contributed by atoms with Crippen molar-refractivity contribution in [2.24, 2.45) is 0 Å². The van der Waals surface area contributed by atoms with Gasteiger partial charge in [-0.15, -0.1) is 0 Å². The van der Waals surface area contributed by atoms with Crippen molar-refractivity contribution < 1.29 is 19.4 Å². The predicted molar refractivity (Wildman–Crippen MR) is 228 cm³/mol. The summed E-state index contributed by atoms with van der Waals surface area (Å²) in [5.74, 6) is 0.882. The van der Waals surface area contributed by atoms with E-state index in [1.165, 1.54) is 22.2 Å². The number of anilines is 3. The molecule has 0 amide bonds. The van der Waals surface area contributed by atoms with Gasteiger partial charge in [0, 0.05) is 6.20 Å². The van der Waals surface area contributed by atoms with Crippen molar-refractivity contribution in [1.82, 2.24) is 18.7 Å². The van der Waals surface area contributed by atoms with Crippen molar-refractivity contribution in [2.75, 3.05) is 4.90 Å². The van der Waals surface area contributed by atoms with E-state index >= 15 is 0 Å². The summed E-state index contributed by atoms with van der Waals surface area (Å²) in [6.07, 6.45) is 1.93. The number of rotatable bonds is 6. The first kappa shape index (κ1) is 35.9. The molecule has 0 aliphatic heterocycles. The zero-order valence-electron chi connectivity index (χ0n) is 32.5. The number of hydrogen-bond donors (Lipinski definition) is 0. The standard InChI is InChI=1S/C50H43N5.Pt/c1-49(2,3)35-29-30-51-48(31-35)55-43-23-12-10-21-40(43)41-28-27-39(33-47(41)55)54(36-17-8-7-9-18-36)38-20-16-19-37(32-38)52-34-53(46-26-15-14-25-45(46)52)44-24-13-11-22-42(44)50(4,5)6;/h7-31H,1-6H3;/q-2;. The van der Waals surface area contributed by atoms with Crippen LogP contribution in [0, 0.1) is 15.9 Å². The number of aromatic nitrogens is 4. The van der Waals surface area contributed by atoms with E-state index in [9.17, 15) is 0 Å². The Balaban J connectivity index is 1.25. The van der Waals surface area contributed by atoms with Gasteiger partial charge in [-0.05, 0) is 17.0 Å². The van der Waals surface area contributed by atoms with Crippen LogP contribution in [-0.2, 0) is 30.2 Å². The Morgan fingerprint density at radius 1 is 0.554 bits per heavy atom. The van der Waals surface area contributed by atoms with Crippen LogP contribution in [-0.4, -0.2) is 18.7 Å². The molecule has 9 rings (SSSR count). The first-order valence-electron chi connectivity index (χ1n) is 19.1. The van der Waals surface area contributed by atoms with E-state index in [0.29, 0.717) is 0 Å². The van der Waals surface area contributed by atoms with E-state index in [1.54, 1.807) is 0 Å². The molecule has 0 atom stereocenters. The Morgan fingerprint density at radius 3 is 1.96 bits per heavy atom. The summed E-state index contributed by atoms with van der Waals surface area (Å²) in [5, 5.41) is 2.30. The third-order valence-electron chi connectivity index (χ3n) is 10.6. The van der Waals surface area contributed by atoms with Gasteiger partial charge in [0.15, 0.2) is 0 Å². The number of para-hydroxylation sites is 5. The fraction of sp³-hybridized carbons (Fsp3) is 0.160. The molecule has 0 unspecified atom stereocenters. The molecule has 0 saturated carbocycles. The molecule has 0 radical (unpaired) electrons. The molecule has 0 fully saturated rings. The summed E-state index contributed by atoms with van der Waals surface area (Å²) in [6, 6.07) is 59.4. The first-order valence-corrected chi connectivity index (χ1v) is 20.2. The van der Waals surface area contributed by atoms with Gasteiger partial charge in [-0.25, -0.2) is 0 Å². The second kappa shape index (κ2) is 13.8. The Kier molecular flexibility index (Phi) is 8.82. The SMILES string of the molecule is CC(C)(C)c1ccnc(-n2c3[c-]c(N(c4[c-]c(-n5[c](=[Pt])n(-c6ccccc6C(C)(C)C)c6ccccc65)ccc4)c4ccccc4)ccc3c3ccccc32)c1. The average molecular weight is 909 g/mol. The van der Waals surface area contributed by atoms with Crippen LogP contribution < -0.4 is 4.90 Å². The summed E-state index contributed by atoms with van der Waals surface area (Å²) >= 11 is 2.49. The fourth-order valence-corrected chi connectivity index (χ4v) is 8.92. The molecule has 56 heavy (non-hydrogen) atoms. The predicted octanol–water partition coefficient (Wildman–Crippen LogP) is 12.7. The second-order valence-corrected chi connectivity index (χ2v) is 17.4. The van der Waals surface area contributed by atoms with E-state index < -0.39 is 0 Å². The number of hydrogen-bond acceptors (Lipinski definition) is 2. The Morgan fingerprint density at radius 2 is 1.21 bits per heavy atom.